The van der Waals surface area contributed by atoms with Crippen LogP contribution in [-0.2, 0) is 16.1 Å². The summed E-state index contributed by atoms with van der Waals surface area (Å²) in [5.41, 5.74) is 4.33. The van der Waals surface area contributed by atoms with Crippen molar-refractivity contribution < 1.29 is 9.53 Å². The molecule has 2 aromatic carbocycles. The minimum Gasteiger partial charge on any atom is -0.364 e. The smallest absolute Gasteiger partial charge is 0.249 e. The molecule has 0 radical (unpaired) electrons. The van der Waals surface area contributed by atoms with Gasteiger partial charge in [-0.15, -0.1) is 11.3 Å². The van der Waals surface area contributed by atoms with Crippen molar-refractivity contribution in [2.24, 2.45) is 0 Å². The normalized spacial score (nSPS) is 13.1. The van der Waals surface area contributed by atoms with Crippen LogP contribution in [0.2, 0.25) is 0 Å². The van der Waals surface area contributed by atoms with Crippen molar-refractivity contribution in [3.63, 3.8) is 0 Å². The second kappa shape index (κ2) is 9.13. The maximum Gasteiger partial charge on any atom is 0.249 e. The fraction of sp³-hybridized carbons (Fsp3) is 0.304. The Morgan fingerprint density at radius 1 is 1.07 bits per heavy atom. The third-order valence-corrected chi connectivity index (χ3v) is 5.98. The number of hydrogen-bond acceptors (Lipinski definition) is 4. The van der Waals surface area contributed by atoms with E-state index in [1.54, 1.807) is 18.3 Å². The van der Waals surface area contributed by atoms with E-state index in [0.717, 1.165) is 26.7 Å². The van der Waals surface area contributed by atoms with Crippen LogP contribution in [0.25, 0.3) is 10.6 Å². The Bertz CT molecular complexity index is 920. The quantitative estimate of drug-likeness (QED) is 0.598. The molecule has 0 aliphatic heterocycles. The van der Waals surface area contributed by atoms with Gasteiger partial charge >= 0.3 is 0 Å². The van der Waals surface area contributed by atoms with Crippen LogP contribution in [-0.4, -0.2) is 17.0 Å². The molecular formula is C23H26N2O2S. The van der Waals surface area contributed by atoms with Crippen molar-refractivity contribution in [3.8, 4) is 10.6 Å². The largest absolute Gasteiger partial charge is 0.364 e. The molecule has 2 unspecified atom stereocenters. The van der Waals surface area contributed by atoms with E-state index in [1.807, 2.05) is 44.2 Å². The van der Waals surface area contributed by atoms with Gasteiger partial charge in [0.1, 0.15) is 11.1 Å². The van der Waals surface area contributed by atoms with Crippen LogP contribution in [0.4, 0.5) is 0 Å². The number of ether oxygens (including phenoxy) is 1. The summed E-state index contributed by atoms with van der Waals surface area (Å²) in [4.78, 5) is 18.3. The van der Waals surface area contributed by atoms with E-state index < -0.39 is 6.10 Å². The second-order valence-electron chi connectivity index (χ2n) is 7.00. The summed E-state index contributed by atoms with van der Waals surface area (Å²) in [7, 11) is 0. The molecule has 5 heteroatoms. The topological polar surface area (TPSA) is 51.2 Å². The van der Waals surface area contributed by atoms with E-state index in [0.29, 0.717) is 6.61 Å². The van der Waals surface area contributed by atoms with Gasteiger partial charge in [-0.25, -0.2) is 4.98 Å². The summed E-state index contributed by atoms with van der Waals surface area (Å²) in [6.45, 7) is 8.24. The summed E-state index contributed by atoms with van der Waals surface area (Å²) >= 11 is 1.62. The molecule has 0 bridgehead atoms. The average Bonchev–Trinajstić information content (AvgIpc) is 3.09. The van der Waals surface area contributed by atoms with Gasteiger partial charge in [0.05, 0.1) is 23.2 Å². The summed E-state index contributed by atoms with van der Waals surface area (Å²) in [5.74, 6) is -0.117. The highest BCUT2D eigenvalue weighted by Gasteiger charge is 2.20. The number of aryl methyl sites for hydroxylation is 2. The Kier molecular flexibility index (Phi) is 6.60. The van der Waals surface area contributed by atoms with Crippen LogP contribution in [0.3, 0.4) is 0 Å². The van der Waals surface area contributed by atoms with E-state index >= 15 is 0 Å². The lowest BCUT2D eigenvalue weighted by Crippen LogP contribution is -2.36. The molecule has 0 spiro atoms. The monoisotopic (exact) mass is 394 g/mol. The van der Waals surface area contributed by atoms with Crippen molar-refractivity contribution in [3.05, 3.63) is 76.3 Å². The number of nitrogens with zero attached hydrogens (tertiary/aromatic N) is 1. The van der Waals surface area contributed by atoms with E-state index in [1.165, 1.54) is 5.56 Å². The molecule has 28 heavy (non-hydrogen) atoms. The SMILES string of the molecule is Cc1ccc(-c2nc(C)c(C(C)NC(=O)C(C)OCc3ccccc3)s2)cc1. The fourth-order valence-electron chi connectivity index (χ4n) is 2.90. The molecule has 0 fully saturated rings. The number of carbonyl (C=O) groups is 1. The van der Waals surface area contributed by atoms with Crippen molar-refractivity contribution in [2.75, 3.05) is 0 Å². The summed E-state index contributed by atoms with van der Waals surface area (Å²) in [6.07, 6.45) is -0.521. The Morgan fingerprint density at radius 3 is 2.43 bits per heavy atom. The van der Waals surface area contributed by atoms with E-state index in [-0.39, 0.29) is 11.9 Å². The maximum atomic E-state index is 12.5. The Labute approximate surface area is 170 Å². The van der Waals surface area contributed by atoms with Crippen LogP contribution in [0.1, 0.15) is 41.6 Å². The van der Waals surface area contributed by atoms with Gasteiger partial charge in [0, 0.05) is 5.56 Å². The molecule has 1 heterocycles. The third kappa shape index (κ3) is 5.06. The number of rotatable bonds is 7. The number of thiazole rings is 1. The van der Waals surface area contributed by atoms with E-state index in [2.05, 4.69) is 36.5 Å². The molecule has 1 aromatic heterocycles. The molecule has 0 saturated carbocycles. The fourth-order valence-corrected chi connectivity index (χ4v) is 3.97. The first-order valence-electron chi connectivity index (χ1n) is 9.44. The first-order chi connectivity index (χ1) is 13.4. The molecule has 0 saturated heterocycles. The molecule has 4 nitrogen and oxygen atoms in total. The zero-order chi connectivity index (χ0) is 20.1. The van der Waals surface area contributed by atoms with Gasteiger partial charge in [0.25, 0.3) is 0 Å². The van der Waals surface area contributed by atoms with Gasteiger partial charge in [-0.2, -0.15) is 0 Å². The number of carbonyl (C=O) groups excluding carboxylic acids is 1. The van der Waals surface area contributed by atoms with Gasteiger partial charge < -0.3 is 10.1 Å². The molecule has 0 aliphatic carbocycles. The molecule has 1 amide bonds. The third-order valence-electron chi connectivity index (χ3n) is 4.60. The summed E-state index contributed by atoms with van der Waals surface area (Å²) in [5, 5.41) is 4.03. The standard InChI is InChI=1S/C23H26N2O2S/c1-15-10-12-20(13-11-15)23-25-17(3)21(28-23)16(2)24-22(26)18(4)27-14-19-8-6-5-7-9-19/h5-13,16,18H,14H2,1-4H3,(H,24,26). The van der Waals surface area contributed by atoms with Gasteiger partial charge in [-0.05, 0) is 33.3 Å². The number of benzene rings is 2. The number of nitrogens with one attached hydrogen (secondary N) is 1. The zero-order valence-electron chi connectivity index (χ0n) is 16.7. The molecule has 2 atom stereocenters. The van der Waals surface area contributed by atoms with Crippen LogP contribution in [0.15, 0.2) is 54.6 Å². The Morgan fingerprint density at radius 2 is 1.75 bits per heavy atom. The highest BCUT2D eigenvalue weighted by atomic mass is 32.1. The minimum atomic E-state index is -0.521. The van der Waals surface area contributed by atoms with Gasteiger partial charge in [-0.1, -0.05) is 60.2 Å². The van der Waals surface area contributed by atoms with Crippen LogP contribution in [0.5, 0.6) is 0 Å². The lowest BCUT2D eigenvalue weighted by atomic mass is 10.2. The molecule has 3 aromatic rings. The van der Waals surface area contributed by atoms with Crippen LogP contribution < -0.4 is 5.32 Å². The van der Waals surface area contributed by atoms with E-state index in [4.69, 9.17) is 9.72 Å². The first-order valence-corrected chi connectivity index (χ1v) is 10.3. The number of amides is 1. The molecule has 146 valence electrons. The van der Waals surface area contributed by atoms with Crippen LogP contribution in [0, 0.1) is 13.8 Å². The van der Waals surface area contributed by atoms with Gasteiger partial charge in [0.15, 0.2) is 0 Å². The summed E-state index contributed by atoms with van der Waals surface area (Å²) in [6, 6.07) is 18.1. The number of hydrogen-bond donors (Lipinski definition) is 1. The Balaban J connectivity index is 1.61. The first kappa shape index (κ1) is 20.2. The lowest BCUT2D eigenvalue weighted by Gasteiger charge is -2.17. The molecule has 1 N–H and O–H groups in total. The predicted octanol–water partition coefficient (Wildman–Crippen LogP) is 5.21. The van der Waals surface area contributed by atoms with E-state index in [9.17, 15) is 4.79 Å². The second-order valence-corrected chi connectivity index (χ2v) is 8.03. The Hall–Kier alpha value is -2.50. The maximum absolute atomic E-state index is 12.5. The minimum absolute atomic E-state index is 0.117. The predicted molar refractivity (Wildman–Crippen MR) is 114 cm³/mol. The lowest BCUT2D eigenvalue weighted by molar-refractivity contribution is -0.133. The number of aromatic nitrogens is 1. The average molecular weight is 395 g/mol. The summed E-state index contributed by atoms with van der Waals surface area (Å²) < 4.78 is 5.72. The molecule has 3 rings (SSSR count). The van der Waals surface area contributed by atoms with Crippen molar-refractivity contribution in [1.29, 1.82) is 0 Å². The van der Waals surface area contributed by atoms with Crippen molar-refractivity contribution in [2.45, 2.75) is 46.4 Å². The van der Waals surface area contributed by atoms with Crippen molar-refractivity contribution >= 4 is 17.2 Å². The molecule has 0 aliphatic rings. The van der Waals surface area contributed by atoms with Gasteiger partial charge in [0.2, 0.25) is 5.91 Å². The van der Waals surface area contributed by atoms with Crippen molar-refractivity contribution in [1.82, 2.24) is 10.3 Å². The van der Waals surface area contributed by atoms with Crippen LogP contribution >= 0.6 is 11.3 Å². The highest BCUT2D eigenvalue weighted by molar-refractivity contribution is 7.15. The van der Waals surface area contributed by atoms with Gasteiger partial charge in [-0.3, -0.25) is 4.79 Å². The molecular weight excluding hydrogens is 368 g/mol. The highest BCUT2D eigenvalue weighted by Crippen LogP contribution is 2.31. The zero-order valence-corrected chi connectivity index (χ0v) is 17.5.